The van der Waals surface area contributed by atoms with Crippen LogP contribution in [-0.2, 0) is 21.2 Å². The molecule has 2 heterocycles. The smallest absolute Gasteiger partial charge is 0.247 e. The van der Waals surface area contributed by atoms with Crippen LogP contribution in [-0.4, -0.2) is 83.7 Å². The van der Waals surface area contributed by atoms with E-state index in [1.165, 1.54) is 23.4 Å². The topological polar surface area (TPSA) is 120 Å². The maximum Gasteiger partial charge on any atom is 0.247 e. The number of fused-ring (bicyclic) bond motifs is 1. The van der Waals surface area contributed by atoms with Crippen molar-refractivity contribution in [3.05, 3.63) is 53.9 Å². The number of amides is 1. The summed E-state index contributed by atoms with van der Waals surface area (Å²) >= 11 is 0. The first-order chi connectivity index (χ1) is 17.0. The summed E-state index contributed by atoms with van der Waals surface area (Å²) in [5, 5.41) is 19.3. The Kier molecular flexibility index (Phi) is 9.08. The number of ether oxygens (including phenoxy) is 1. The second-order valence-electron chi connectivity index (χ2n) is 9.12. The molecule has 10 heteroatoms. The Morgan fingerprint density at radius 3 is 2.69 bits per heavy atom. The fraction of sp³-hybridized carbons (Fsp3) is 0.462. The molecular weight excluding hydrogens is 482 g/mol. The predicted molar refractivity (Wildman–Crippen MR) is 135 cm³/mol. The number of likely N-dealkylation sites (N-methyl/N-ethyl adjacent to an activating group) is 1. The molecular formula is C26H33N3O6S. The van der Waals surface area contributed by atoms with Crippen LogP contribution in [0.25, 0.3) is 0 Å². The molecule has 0 unspecified atom stereocenters. The van der Waals surface area contributed by atoms with Crippen molar-refractivity contribution in [1.29, 1.82) is 0 Å². The SMILES string of the molecule is C[C@H](O)C#Cc1ccc2c(c1)O[C@@H](CN(C)C(=O)Cc1ccccn1)[C@H](C)CN([C@H](C)CO)S2(=O)=O. The van der Waals surface area contributed by atoms with Crippen molar-refractivity contribution in [3.63, 3.8) is 0 Å². The van der Waals surface area contributed by atoms with Crippen LogP contribution in [0.3, 0.4) is 0 Å². The average Bonchev–Trinajstić information content (AvgIpc) is 2.84. The van der Waals surface area contributed by atoms with Crippen molar-refractivity contribution < 1.29 is 28.2 Å². The number of nitrogens with zero attached hydrogens (tertiary/aromatic N) is 3. The van der Waals surface area contributed by atoms with Gasteiger partial charge in [0.15, 0.2) is 0 Å². The van der Waals surface area contributed by atoms with Gasteiger partial charge in [0, 0.05) is 43.0 Å². The minimum absolute atomic E-state index is 0.0373. The molecule has 36 heavy (non-hydrogen) atoms. The molecule has 4 atom stereocenters. The molecule has 1 aliphatic heterocycles. The molecule has 1 aromatic heterocycles. The molecule has 0 saturated heterocycles. The minimum atomic E-state index is -3.98. The molecule has 0 bridgehead atoms. The van der Waals surface area contributed by atoms with Crippen molar-refractivity contribution in [2.45, 2.75) is 50.3 Å². The lowest BCUT2D eigenvalue weighted by molar-refractivity contribution is -0.130. The lowest BCUT2D eigenvalue weighted by Crippen LogP contribution is -2.50. The van der Waals surface area contributed by atoms with E-state index in [1.807, 2.05) is 13.0 Å². The molecule has 0 spiro atoms. The Labute approximate surface area is 212 Å². The van der Waals surface area contributed by atoms with Crippen molar-refractivity contribution in [2.24, 2.45) is 5.92 Å². The molecule has 0 aliphatic carbocycles. The molecule has 1 amide bonds. The highest BCUT2D eigenvalue weighted by atomic mass is 32.2. The predicted octanol–water partition coefficient (Wildman–Crippen LogP) is 1.28. The first-order valence-electron chi connectivity index (χ1n) is 11.8. The van der Waals surface area contributed by atoms with E-state index in [0.29, 0.717) is 11.3 Å². The molecule has 9 nitrogen and oxygen atoms in total. The van der Waals surface area contributed by atoms with Gasteiger partial charge < -0.3 is 19.8 Å². The summed E-state index contributed by atoms with van der Waals surface area (Å²) in [6.07, 6.45) is 0.389. The lowest BCUT2D eigenvalue weighted by Gasteiger charge is -2.37. The second kappa shape index (κ2) is 11.8. The molecule has 0 fully saturated rings. The van der Waals surface area contributed by atoms with Crippen LogP contribution in [0.1, 0.15) is 32.0 Å². The van der Waals surface area contributed by atoms with Crippen LogP contribution in [0.4, 0.5) is 0 Å². The standard InChI is InChI=1S/C26H33N3O6S/c1-18-15-29(19(2)17-30)36(33,34)25-11-10-21(9-8-20(3)31)13-23(25)35-24(18)16-28(4)26(32)14-22-7-5-6-12-27-22/h5-7,10-13,18-20,24,30-31H,14-17H2,1-4H3/t18-,19-,20+,24+/m1/s1. The highest BCUT2D eigenvalue weighted by Gasteiger charge is 2.38. The van der Waals surface area contributed by atoms with Crippen LogP contribution < -0.4 is 4.74 Å². The fourth-order valence-corrected chi connectivity index (χ4v) is 5.70. The zero-order valence-corrected chi connectivity index (χ0v) is 21.8. The van der Waals surface area contributed by atoms with Crippen LogP contribution in [0.2, 0.25) is 0 Å². The number of aromatic nitrogens is 1. The number of hydrogen-bond acceptors (Lipinski definition) is 7. The first-order valence-corrected chi connectivity index (χ1v) is 13.2. The Morgan fingerprint density at radius 1 is 1.31 bits per heavy atom. The summed E-state index contributed by atoms with van der Waals surface area (Å²) in [6, 6.07) is 9.25. The van der Waals surface area contributed by atoms with Gasteiger partial charge >= 0.3 is 0 Å². The van der Waals surface area contributed by atoms with Gasteiger partial charge in [-0.15, -0.1) is 0 Å². The van der Waals surface area contributed by atoms with Crippen LogP contribution in [0.15, 0.2) is 47.5 Å². The zero-order valence-electron chi connectivity index (χ0n) is 21.0. The third-order valence-corrected chi connectivity index (χ3v) is 8.05. The number of aliphatic hydroxyl groups is 2. The van der Waals surface area contributed by atoms with E-state index in [-0.39, 0.29) is 48.6 Å². The average molecular weight is 516 g/mol. The molecule has 1 aromatic carbocycles. The molecule has 0 saturated carbocycles. The van der Waals surface area contributed by atoms with Gasteiger partial charge in [0.05, 0.1) is 19.6 Å². The third kappa shape index (κ3) is 6.62. The summed E-state index contributed by atoms with van der Waals surface area (Å²) in [7, 11) is -2.30. The minimum Gasteiger partial charge on any atom is -0.487 e. The normalized spacial score (nSPS) is 20.9. The van der Waals surface area contributed by atoms with Gasteiger partial charge in [0.25, 0.3) is 0 Å². The van der Waals surface area contributed by atoms with E-state index in [2.05, 4.69) is 16.8 Å². The maximum atomic E-state index is 13.5. The molecule has 1 aliphatic rings. The van der Waals surface area contributed by atoms with Crippen molar-refractivity contribution in [3.8, 4) is 17.6 Å². The van der Waals surface area contributed by atoms with Crippen LogP contribution in [0, 0.1) is 17.8 Å². The van der Waals surface area contributed by atoms with E-state index < -0.39 is 28.3 Å². The van der Waals surface area contributed by atoms with E-state index in [1.54, 1.807) is 43.3 Å². The van der Waals surface area contributed by atoms with Gasteiger partial charge in [-0.05, 0) is 44.2 Å². The van der Waals surface area contributed by atoms with Gasteiger partial charge in [0.2, 0.25) is 15.9 Å². The monoisotopic (exact) mass is 515 g/mol. The second-order valence-corrected chi connectivity index (χ2v) is 11.0. The Bertz CT molecular complexity index is 1220. The molecule has 0 radical (unpaired) electrons. The number of pyridine rings is 1. The molecule has 2 N–H and O–H groups in total. The van der Waals surface area contributed by atoms with Crippen molar-refractivity contribution >= 4 is 15.9 Å². The van der Waals surface area contributed by atoms with Crippen LogP contribution >= 0.6 is 0 Å². The Balaban J connectivity index is 1.96. The summed E-state index contributed by atoms with van der Waals surface area (Å²) in [5.41, 5.74) is 1.14. The number of carbonyl (C=O) groups is 1. The highest BCUT2D eigenvalue weighted by Crippen LogP contribution is 2.34. The molecule has 194 valence electrons. The number of rotatable bonds is 6. The quantitative estimate of drug-likeness (QED) is 0.556. The largest absolute Gasteiger partial charge is 0.487 e. The van der Waals surface area contributed by atoms with Gasteiger partial charge in [-0.25, -0.2) is 8.42 Å². The van der Waals surface area contributed by atoms with E-state index in [4.69, 9.17) is 4.74 Å². The number of sulfonamides is 1. The fourth-order valence-electron chi connectivity index (χ4n) is 3.87. The summed E-state index contributed by atoms with van der Waals surface area (Å²) in [5.74, 6) is 5.12. The van der Waals surface area contributed by atoms with Gasteiger partial charge in [0.1, 0.15) is 22.9 Å². The number of hydrogen-bond donors (Lipinski definition) is 2. The zero-order chi connectivity index (χ0) is 26.5. The lowest BCUT2D eigenvalue weighted by atomic mass is 10.0. The van der Waals surface area contributed by atoms with E-state index in [9.17, 15) is 23.4 Å². The van der Waals surface area contributed by atoms with Crippen molar-refractivity contribution in [2.75, 3.05) is 26.7 Å². The highest BCUT2D eigenvalue weighted by molar-refractivity contribution is 7.89. The third-order valence-electron chi connectivity index (χ3n) is 6.03. The van der Waals surface area contributed by atoms with Gasteiger partial charge in [-0.2, -0.15) is 4.31 Å². The molecule has 3 rings (SSSR count). The maximum absolute atomic E-state index is 13.5. The summed E-state index contributed by atoms with van der Waals surface area (Å²) in [6.45, 7) is 5.03. The number of aliphatic hydroxyl groups excluding tert-OH is 2. The Hall–Kier alpha value is -2.97. The van der Waals surface area contributed by atoms with Crippen molar-refractivity contribution in [1.82, 2.24) is 14.2 Å². The Morgan fingerprint density at radius 2 is 2.06 bits per heavy atom. The summed E-state index contributed by atoms with van der Waals surface area (Å²) in [4.78, 5) is 18.6. The number of carbonyl (C=O) groups excluding carboxylic acids is 1. The number of benzene rings is 1. The first kappa shape index (κ1) is 27.6. The summed E-state index contributed by atoms with van der Waals surface area (Å²) < 4.78 is 34.6. The van der Waals surface area contributed by atoms with E-state index >= 15 is 0 Å². The van der Waals surface area contributed by atoms with Gasteiger partial charge in [-0.1, -0.05) is 24.8 Å². The molecule has 2 aromatic rings. The van der Waals surface area contributed by atoms with Gasteiger partial charge in [-0.3, -0.25) is 9.78 Å². The van der Waals surface area contributed by atoms with Crippen LogP contribution in [0.5, 0.6) is 5.75 Å². The van der Waals surface area contributed by atoms with E-state index in [0.717, 1.165) is 0 Å².